The van der Waals surface area contributed by atoms with Gasteiger partial charge in [-0.2, -0.15) is 0 Å². The third kappa shape index (κ3) is 3.02. The predicted octanol–water partition coefficient (Wildman–Crippen LogP) is 4.77. The Hall–Kier alpha value is -2.70. The highest BCUT2D eigenvalue weighted by Crippen LogP contribution is 2.39. The molecule has 0 saturated heterocycles. The van der Waals surface area contributed by atoms with Gasteiger partial charge in [-0.3, -0.25) is 0 Å². The molecule has 4 aromatic carbocycles. The summed E-state index contributed by atoms with van der Waals surface area (Å²) < 4.78 is 53.2. The van der Waals surface area contributed by atoms with Crippen LogP contribution in [-0.4, -0.2) is 27.3 Å². The minimum atomic E-state index is -3.76. The van der Waals surface area contributed by atoms with Crippen LogP contribution in [0.4, 0.5) is 0 Å². The Kier molecular flexibility index (Phi) is 4.45. The molecule has 0 radical (unpaired) electrons. The third-order valence-corrected chi connectivity index (χ3v) is 10.8. The van der Waals surface area contributed by atoms with E-state index in [0.717, 1.165) is 21.5 Å². The maximum atomic E-state index is 13.3. The van der Waals surface area contributed by atoms with Crippen LogP contribution in [0.15, 0.2) is 94.7 Å². The molecule has 1 saturated carbocycles. The van der Waals surface area contributed by atoms with Crippen LogP contribution in [0.2, 0.25) is 0 Å². The van der Waals surface area contributed by atoms with Crippen molar-refractivity contribution in [3.8, 4) is 0 Å². The van der Waals surface area contributed by atoms with E-state index in [2.05, 4.69) is 0 Å². The quantitative estimate of drug-likeness (QED) is 0.462. The Morgan fingerprint density at radius 3 is 1.23 bits per heavy atom. The van der Waals surface area contributed by atoms with Crippen molar-refractivity contribution in [2.45, 2.75) is 33.1 Å². The van der Waals surface area contributed by atoms with Gasteiger partial charge in [0, 0.05) is 0 Å². The summed E-state index contributed by atoms with van der Waals surface area (Å²) in [6.07, 6.45) is 0.708. The highest BCUT2D eigenvalue weighted by atomic mass is 32.2. The molecule has 4 nitrogen and oxygen atoms in total. The fourth-order valence-corrected chi connectivity index (χ4v) is 8.83. The number of benzene rings is 4. The predicted molar refractivity (Wildman–Crippen MR) is 119 cm³/mol. The molecule has 6 heteroatoms. The van der Waals surface area contributed by atoms with Crippen LogP contribution in [0.25, 0.3) is 21.5 Å². The second-order valence-electron chi connectivity index (χ2n) is 7.76. The monoisotopic (exact) mass is 436 g/mol. The first kappa shape index (κ1) is 19.3. The summed E-state index contributed by atoms with van der Waals surface area (Å²) in [6, 6.07) is 25.0. The van der Waals surface area contributed by atoms with Crippen LogP contribution >= 0.6 is 0 Å². The Balaban J connectivity index is 1.52. The van der Waals surface area contributed by atoms with Crippen LogP contribution < -0.4 is 0 Å². The number of rotatable bonds is 4. The van der Waals surface area contributed by atoms with Crippen LogP contribution in [0.3, 0.4) is 0 Å². The van der Waals surface area contributed by atoms with Crippen molar-refractivity contribution in [1.82, 2.24) is 0 Å². The second-order valence-corrected chi connectivity index (χ2v) is 12.1. The molecule has 5 rings (SSSR count). The molecule has 0 spiro atoms. The summed E-state index contributed by atoms with van der Waals surface area (Å²) >= 11 is 0. The molecule has 0 amide bonds. The lowest BCUT2D eigenvalue weighted by molar-refractivity contribution is 0.460. The molecule has 4 aromatic rings. The van der Waals surface area contributed by atoms with Gasteiger partial charge in [-0.25, -0.2) is 16.8 Å². The van der Waals surface area contributed by atoms with Gasteiger partial charge in [0.1, 0.15) is 0 Å². The smallest absolute Gasteiger partial charge is 0.182 e. The molecule has 0 aromatic heterocycles. The maximum Gasteiger partial charge on any atom is 0.182 e. The molecule has 0 N–H and O–H groups in total. The lowest BCUT2D eigenvalue weighted by Crippen LogP contribution is -2.48. The average molecular weight is 437 g/mol. The van der Waals surface area contributed by atoms with E-state index < -0.39 is 30.2 Å². The van der Waals surface area contributed by atoms with Crippen molar-refractivity contribution in [3.63, 3.8) is 0 Å². The lowest BCUT2D eigenvalue weighted by Gasteiger charge is -2.35. The molecule has 1 fully saturated rings. The zero-order valence-corrected chi connectivity index (χ0v) is 17.7. The van der Waals surface area contributed by atoms with Crippen molar-refractivity contribution in [2.24, 2.45) is 0 Å². The van der Waals surface area contributed by atoms with E-state index in [1.54, 1.807) is 36.4 Å². The molecular weight excluding hydrogens is 416 g/mol. The van der Waals surface area contributed by atoms with Crippen molar-refractivity contribution in [2.75, 3.05) is 0 Å². The van der Waals surface area contributed by atoms with Crippen molar-refractivity contribution in [1.29, 1.82) is 0 Å². The van der Waals surface area contributed by atoms with Crippen molar-refractivity contribution in [3.05, 3.63) is 84.9 Å². The highest BCUT2D eigenvalue weighted by Gasteiger charge is 2.49. The normalized spacial score (nSPS) is 19.6. The van der Waals surface area contributed by atoms with Gasteiger partial charge in [0.05, 0.1) is 20.3 Å². The third-order valence-electron chi connectivity index (χ3n) is 6.05. The van der Waals surface area contributed by atoms with Gasteiger partial charge in [-0.1, -0.05) is 60.7 Å². The molecule has 152 valence electrons. The van der Waals surface area contributed by atoms with Gasteiger partial charge >= 0.3 is 0 Å². The summed E-state index contributed by atoms with van der Waals surface area (Å²) in [5.74, 6) is 0. The van der Waals surface area contributed by atoms with E-state index in [9.17, 15) is 16.8 Å². The van der Waals surface area contributed by atoms with Crippen LogP contribution in [0, 0.1) is 0 Å². The molecule has 1 aliphatic rings. The van der Waals surface area contributed by atoms with Gasteiger partial charge in [-0.15, -0.1) is 0 Å². The maximum absolute atomic E-state index is 13.3. The highest BCUT2D eigenvalue weighted by molar-refractivity contribution is 7.96. The van der Waals surface area contributed by atoms with Gasteiger partial charge in [0.25, 0.3) is 0 Å². The minimum Gasteiger partial charge on any atom is -0.223 e. The van der Waals surface area contributed by atoms with Crippen molar-refractivity contribution >= 4 is 41.2 Å². The van der Waals surface area contributed by atoms with Crippen LogP contribution in [0.5, 0.6) is 0 Å². The standard InChI is InChI=1S/C24H20O4S2/c25-29(26,21-11-9-17-5-1-3-7-19(17)15-21)23-13-14-24(23)30(27,28)22-12-10-18-6-2-4-8-20(18)16-22/h1-12,15-16,23-24H,13-14H2/t23-,24-/m1/s1. The lowest BCUT2D eigenvalue weighted by atomic mass is 9.99. The number of fused-ring (bicyclic) bond motifs is 2. The number of sulfone groups is 2. The Morgan fingerprint density at radius 2 is 0.867 bits per heavy atom. The molecule has 0 unspecified atom stereocenters. The summed E-state index contributed by atoms with van der Waals surface area (Å²) in [5, 5.41) is 1.71. The fourth-order valence-electron chi connectivity index (χ4n) is 4.19. The zero-order valence-electron chi connectivity index (χ0n) is 16.1. The summed E-state index contributed by atoms with van der Waals surface area (Å²) in [7, 11) is -7.51. The molecule has 2 atom stereocenters. The molecule has 0 aliphatic heterocycles. The minimum absolute atomic E-state index is 0.185. The Morgan fingerprint density at radius 1 is 0.500 bits per heavy atom. The van der Waals surface area contributed by atoms with Gasteiger partial charge in [0.2, 0.25) is 0 Å². The summed E-state index contributed by atoms with van der Waals surface area (Å²) in [5.41, 5.74) is 0. The van der Waals surface area contributed by atoms with Gasteiger partial charge < -0.3 is 0 Å². The van der Waals surface area contributed by atoms with E-state index in [4.69, 9.17) is 0 Å². The van der Waals surface area contributed by atoms with Crippen LogP contribution in [-0.2, 0) is 19.7 Å². The molecule has 0 heterocycles. The second kappa shape index (κ2) is 6.93. The SMILES string of the molecule is O=S(=O)(c1ccc2ccccc2c1)[C@@H]1CC[C@H]1S(=O)(=O)c1ccc2ccccc2c1. The number of hydrogen-bond acceptors (Lipinski definition) is 4. The first-order valence-corrected chi connectivity index (χ1v) is 12.9. The number of hydrogen-bond donors (Lipinski definition) is 0. The van der Waals surface area contributed by atoms with E-state index >= 15 is 0 Å². The Bertz CT molecular complexity index is 1370. The van der Waals surface area contributed by atoms with E-state index in [-0.39, 0.29) is 9.79 Å². The first-order valence-electron chi connectivity index (χ1n) is 9.83. The average Bonchev–Trinajstić information content (AvgIpc) is 2.71. The van der Waals surface area contributed by atoms with E-state index in [1.807, 2.05) is 48.5 Å². The summed E-state index contributed by atoms with van der Waals surface area (Å²) in [4.78, 5) is 0.370. The van der Waals surface area contributed by atoms with E-state index in [0.29, 0.717) is 12.8 Å². The first-order chi connectivity index (χ1) is 14.4. The largest absolute Gasteiger partial charge is 0.223 e. The molecule has 0 bridgehead atoms. The zero-order chi connectivity index (χ0) is 20.9. The molecule has 1 aliphatic carbocycles. The van der Waals surface area contributed by atoms with E-state index in [1.165, 1.54) is 0 Å². The summed E-state index contributed by atoms with van der Waals surface area (Å²) in [6.45, 7) is 0. The molecular formula is C24H20O4S2. The van der Waals surface area contributed by atoms with Crippen molar-refractivity contribution < 1.29 is 16.8 Å². The molecule has 30 heavy (non-hydrogen) atoms. The van der Waals surface area contributed by atoms with Gasteiger partial charge in [0.15, 0.2) is 19.7 Å². The fraction of sp³-hybridized carbons (Fsp3) is 0.167. The topological polar surface area (TPSA) is 68.3 Å². The van der Waals surface area contributed by atoms with Crippen LogP contribution in [0.1, 0.15) is 12.8 Å². The Labute approximate surface area is 176 Å². The van der Waals surface area contributed by atoms with Gasteiger partial charge in [-0.05, 0) is 58.7 Å².